The molecule has 0 aliphatic rings. The minimum atomic E-state index is -0.861. The molecule has 1 heterocycles. The first-order valence-corrected chi connectivity index (χ1v) is 5.13. The third-order valence-electron chi connectivity index (χ3n) is 2.63. The Balaban J connectivity index is 2.24. The third-order valence-corrected chi connectivity index (χ3v) is 2.63. The van der Waals surface area contributed by atoms with E-state index in [2.05, 4.69) is 4.98 Å². The molecular formula is C13H8F2N2. The van der Waals surface area contributed by atoms with Crippen LogP contribution in [0.1, 0.15) is 0 Å². The van der Waals surface area contributed by atoms with E-state index in [0.29, 0.717) is 5.69 Å². The lowest BCUT2D eigenvalue weighted by Gasteiger charge is -2.04. The zero-order chi connectivity index (χ0) is 11.8. The second-order valence-corrected chi connectivity index (χ2v) is 3.70. The van der Waals surface area contributed by atoms with E-state index in [1.54, 1.807) is 10.9 Å². The van der Waals surface area contributed by atoms with Crippen LogP contribution in [0.4, 0.5) is 8.78 Å². The Kier molecular flexibility index (Phi) is 2.14. The number of benzene rings is 2. The number of rotatable bonds is 1. The van der Waals surface area contributed by atoms with E-state index in [0.717, 1.165) is 23.2 Å². The van der Waals surface area contributed by atoms with Crippen LogP contribution in [-0.4, -0.2) is 9.55 Å². The number of halogens is 2. The van der Waals surface area contributed by atoms with Gasteiger partial charge in [-0.25, -0.2) is 13.8 Å². The number of hydrogen-bond donors (Lipinski definition) is 0. The van der Waals surface area contributed by atoms with Crippen LogP contribution in [0.15, 0.2) is 48.8 Å². The van der Waals surface area contributed by atoms with Gasteiger partial charge in [0.1, 0.15) is 6.33 Å². The van der Waals surface area contributed by atoms with Crippen molar-refractivity contribution < 1.29 is 8.78 Å². The van der Waals surface area contributed by atoms with E-state index in [9.17, 15) is 8.78 Å². The molecule has 84 valence electrons. The van der Waals surface area contributed by atoms with Gasteiger partial charge in [0.05, 0.1) is 16.7 Å². The Morgan fingerprint density at radius 2 is 1.76 bits per heavy atom. The van der Waals surface area contributed by atoms with Crippen LogP contribution in [0.5, 0.6) is 0 Å². The molecule has 0 unspecified atom stereocenters. The molecule has 1 aromatic heterocycles. The molecule has 0 spiro atoms. The fourth-order valence-electron chi connectivity index (χ4n) is 1.80. The molecule has 4 heteroatoms. The fraction of sp³-hybridized carbons (Fsp3) is 0. The Morgan fingerprint density at radius 3 is 2.59 bits per heavy atom. The normalized spacial score (nSPS) is 10.9. The van der Waals surface area contributed by atoms with Crippen molar-refractivity contribution in [2.24, 2.45) is 0 Å². The molecule has 2 nitrogen and oxygen atoms in total. The van der Waals surface area contributed by atoms with Crippen molar-refractivity contribution in [3.8, 4) is 5.69 Å². The van der Waals surface area contributed by atoms with Crippen LogP contribution < -0.4 is 0 Å². The fourth-order valence-corrected chi connectivity index (χ4v) is 1.80. The standard InChI is InChI=1S/C13H8F2N2/c14-10-6-5-9(7-11(10)15)17-8-16-12-3-1-2-4-13(12)17/h1-8H. The van der Waals surface area contributed by atoms with Crippen molar-refractivity contribution in [1.29, 1.82) is 0 Å². The molecule has 0 aliphatic carbocycles. The molecule has 0 radical (unpaired) electrons. The van der Waals surface area contributed by atoms with Crippen LogP contribution in [0.2, 0.25) is 0 Å². The highest BCUT2D eigenvalue weighted by molar-refractivity contribution is 5.77. The molecule has 0 aliphatic heterocycles. The first kappa shape index (κ1) is 9.96. The molecular weight excluding hydrogens is 222 g/mol. The van der Waals surface area contributed by atoms with Crippen LogP contribution in [0.25, 0.3) is 16.7 Å². The molecule has 0 N–H and O–H groups in total. The molecule has 0 amide bonds. The smallest absolute Gasteiger partial charge is 0.160 e. The van der Waals surface area contributed by atoms with Gasteiger partial charge in [0, 0.05) is 6.07 Å². The number of fused-ring (bicyclic) bond motifs is 1. The average molecular weight is 230 g/mol. The van der Waals surface area contributed by atoms with Gasteiger partial charge in [0.25, 0.3) is 0 Å². The predicted octanol–water partition coefficient (Wildman–Crippen LogP) is 3.30. The van der Waals surface area contributed by atoms with Gasteiger partial charge in [-0.05, 0) is 24.3 Å². The van der Waals surface area contributed by atoms with Gasteiger partial charge in [-0.15, -0.1) is 0 Å². The number of hydrogen-bond acceptors (Lipinski definition) is 1. The van der Waals surface area contributed by atoms with Crippen molar-refractivity contribution in [3.63, 3.8) is 0 Å². The van der Waals surface area contributed by atoms with Crippen LogP contribution in [0.3, 0.4) is 0 Å². The van der Waals surface area contributed by atoms with Crippen LogP contribution in [-0.2, 0) is 0 Å². The zero-order valence-corrected chi connectivity index (χ0v) is 8.77. The number of imidazole rings is 1. The van der Waals surface area contributed by atoms with Crippen molar-refractivity contribution in [2.45, 2.75) is 0 Å². The molecule has 0 atom stereocenters. The summed E-state index contributed by atoms with van der Waals surface area (Å²) in [6, 6.07) is 11.3. The Bertz CT molecular complexity index is 689. The molecule has 17 heavy (non-hydrogen) atoms. The summed E-state index contributed by atoms with van der Waals surface area (Å²) < 4.78 is 27.7. The minimum absolute atomic E-state index is 0.553. The molecule has 0 saturated carbocycles. The van der Waals surface area contributed by atoms with Crippen LogP contribution in [0, 0.1) is 11.6 Å². The third kappa shape index (κ3) is 1.58. The van der Waals surface area contributed by atoms with Crippen molar-refractivity contribution in [1.82, 2.24) is 9.55 Å². The molecule has 0 bridgehead atoms. The number of para-hydroxylation sites is 2. The lowest BCUT2D eigenvalue weighted by Crippen LogP contribution is -1.94. The topological polar surface area (TPSA) is 17.8 Å². The summed E-state index contributed by atoms with van der Waals surface area (Å²) in [7, 11) is 0. The van der Waals surface area contributed by atoms with E-state index >= 15 is 0 Å². The van der Waals surface area contributed by atoms with Crippen molar-refractivity contribution in [2.75, 3.05) is 0 Å². The molecule has 0 fully saturated rings. The quantitative estimate of drug-likeness (QED) is 0.627. The van der Waals surface area contributed by atoms with E-state index < -0.39 is 11.6 Å². The van der Waals surface area contributed by atoms with Crippen molar-refractivity contribution in [3.05, 3.63) is 60.4 Å². The lowest BCUT2D eigenvalue weighted by atomic mass is 10.2. The van der Waals surface area contributed by atoms with Gasteiger partial charge in [-0.2, -0.15) is 0 Å². The van der Waals surface area contributed by atoms with Gasteiger partial charge in [0.2, 0.25) is 0 Å². The highest BCUT2D eigenvalue weighted by Crippen LogP contribution is 2.19. The molecule has 3 rings (SSSR count). The molecule has 3 aromatic rings. The SMILES string of the molecule is Fc1ccc(-n2cnc3ccccc32)cc1F. The summed E-state index contributed by atoms with van der Waals surface area (Å²) in [5.74, 6) is -1.71. The summed E-state index contributed by atoms with van der Waals surface area (Å²) in [5.41, 5.74) is 2.23. The highest BCUT2D eigenvalue weighted by atomic mass is 19.2. The maximum atomic E-state index is 13.2. The van der Waals surface area contributed by atoms with Gasteiger partial charge >= 0.3 is 0 Å². The summed E-state index contributed by atoms with van der Waals surface area (Å²) in [6.07, 6.45) is 1.59. The molecule has 0 saturated heterocycles. The minimum Gasteiger partial charge on any atom is -0.299 e. The first-order chi connectivity index (χ1) is 8.25. The summed E-state index contributed by atoms with van der Waals surface area (Å²) in [4.78, 5) is 4.19. The lowest BCUT2D eigenvalue weighted by molar-refractivity contribution is 0.508. The largest absolute Gasteiger partial charge is 0.299 e. The first-order valence-electron chi connectivity index (χ1n) is 5.13. The predicted molar refractivity (Wildman–Crippen MR) is 61.0 cm³/mol. The van der Waals surface area contributed by atoms with Gasteiger partial charge in [0.15, 0.2) is 11.6 Å². The van der Waals surface area contributed by atoms with E-state index in [1.807, 2.05) is 24.3 Å². The maximum Gasteiger partial charge on any atom is 0.160 e. The van der Waals surface area contributed by atoms with Gasteiger partial charge in [-0.3, -0.25) is 4.57 Å². The molecule has 2 aromatic carbocycles. The highest BCUT2D eigenvalue weighted by Gasteiger charge is 2.07. The second kappa shape index (κ2) is 3.66. The van der Waals surface area contributed by atoms with Crippen molar-refractivity contribution >= 4 is 11.0 Å². The van der Waals surface area contributed by atoms with Crippen LogP contribution >= 0.6 is 0 Å². The summed E-state index contributed by atoms with van der Waals surface area (Å²) >= 11 is 0. The Labute approximate surface area is 96.1 Å². The van der Waals surface area contributed by atoms with E-state index in [4.69, 9.17) is 0 Å². The van der Waals surface area contributed by atoms with E-state index in [-0.39, 0.29) is 0 Å². The Morgan fingerprint density at radius 1 is 0.941 bits per heavy atom. The number of nitrogens with zero attached hydrogens (tertiary/aromatic N) is 2. The average Bonchev–Trinajstić information content (AvgIpc) is 2.76. The number of aromatic nitrogens is 2. The monoisotopic (exact) mass is 230 g/mol. The second-order valence-electron chi connectivity index (χ2n) is 3.70. The van der Waals surface area contributed by atoms with Gasteiger partial charge < -0.3 is 0 Å². The Hall–Kier alpha value is -2.23. The zero-order valence-electron chi connectivity index (χ0n) is 8.77. The van der Waals surface area contributed by atoms with E-state index in [1.165, 1.54) is 6.07 Å². The summed E-state index contributed by atoms with van der Waals surface area (Å²) in [5, 5.41) is 0. The summed E-state index contributed by atoms with van der Waals surface area (Å²) in [6.45, 7) is 0. The van der Waals surface area contributed by atoms with Gasteiger partial charge in [-0.1, -0.05) is 12.1 Å². The maximum absolute atomic E-state index is 13.2.